The van der Waals surface area contributed by atoms with Crippen LogP contribution in [0.3, 0.4) is 0 Å². The number of hydrogen-bond donors (Lipinski definition) is 0. The first-order chi connectivity index (χ1) is 15.9. The summed E-state index contributed by atoms with van der Waals surface area (Å²) in [5, 5.41) is 0. The van der Waals surface area contributed by atoms with Gasteiger partial charge in [0, 0.05) is 0 Å². The van der Waals surface area contributed by atoms with E-state index in [1.807, 2.05) is 0 Å². The van der Waals surface area contributed by atoms with Crippen molar-refractivity contribution in [3.05, 3.63) is 58.1 Å². The lowest BCUT2D eigenvalue weighted by atomic mass is 9.74. The van der Waals surface area contributed by atoms with Gasteiger partial charge in [0.15, 0.2) is 0 Å². The highest BCUT2D eigenvalue weighted by Crippen LogP contribution is 2.46. The van der Waals surface area contributed by atoms with Crippen molar-refractivity contribution in [1.29, 1.82) is 0 Å². The molecular formula is C33H48. The molecule has 0 atom stereocenters. The zero-order valence-corrected chi connectivity index (χ0v) is 22.3. The SMILES string of the molecule is CC(C)c1cc(C(C)C)c(-c2cc(C3CCCCC3)ccc2C2CCCCC2)c(C(C)C)c1. The summed E-state index contributed by atoms with van der Waals surface area (Å²) in [6.45, 7) is 14.3. The van der Waals surface area contributed by atoms with Crippen molar-refractivity contribution in [3.8, 4) is 11.1 Å². The van der Waals surface area contributed by atoms with Crippen LogP contribution in [0.25, 0.3) is 11.1 Å². The van der Waals surface area contributed by atoms with Crippen molar-refractivity contribution in [3.63, 3.8) is 0 Å². The second kappa shape index (κ2) is 10.8. The minimum Gasteiger partial charge on any atom is -0.0587 e. The van der Waals surface area contributed by atoms with Crippen molar-refractivity contribution in [2.75, 3.05) is 0 Å². The quantitative estimate of drug-likeness (QED) is 0.415. The molecule has 0 heteroatoms. The molecule has 0 bridgehead atoms. The molecule has 0 heterocycles. The Balaban J connectivity index is 1.94. The molecule has 0 amide bonds. The average molecular weight is 445 g/mol. The highest BCUT2D eigenvalue weighted by molar-refractivity contribution is 5.77. The molecule has 0 saturated heterocycles. The lowest BCUT2D eigenvalue weighted by Crippen LogP contribution is -2.11. The van der Waals surface area contributed by atoms with Gasteiger partial charge >= 0.3 is 0 Å². The van der Waals surface area contributed by atoms with Crippen LogP contribution < -0.4 is 0 Å². The molecule has 0 spiro atoms. The Kier molecular flexibility index (Phi) is 8.03. The fourth-order valence-electron chi connectivity index (χ4n) is 6.52. The zero-order valence-electron chi connectivity index (χ0n) is 22.3. The maximum atomic E-state index is 2.67. The molecular weight excluding hydrogens is 396 g/mol. The summed E-state index contributed by atoms with van der Waals surface area (Å²) in [5.41, 5.74) is 11.1. The molecule has 2 aliphatic rings. The fourth-order valence-corrected chi connectivity index (χ4v) is 6.52. The van der Waals surface area contributed by atoms with Crippen molar-refractivity contribution < 1.29 is 0 Å². The molecule has 0 unspecified atom stereocenters. The molecule has 0 N–H and O–H groups in total. The first-order valence-corrected chi connectivity index (χ1v) is 14.2. The first kappa shape index (κ1) is 24.6. The van der Waals surface area contributed by atoms with Gasteiger partial charge in [0.1, 0.15) is 0 Å². The summed E-state index contributed by atoms with van der Waals surface area (Å²) in [6, 6.07) is 12.9. The van der Waals surface area contributed by atoms with Crippen LogP contribution in [0.5, 0.6) is 0 Å². The van der Waals surface area contributed by atoms with E-state index in [2.05, 4.69) is 71.9 Å². The maximum absolute atomic E-state index is 2.67. The largest absolute Gasteiger partial charge is 0.0587 e. The molecule has 180 valence electrons. The van der Waals surface area contributed by atoms with E-state index in [4.69, 9.17) is 0 Å². The standard InChI is InChI=1S/C33H48/c1-22(2)28-20-30(23(3)4)33(31(21-28)24(5)6)32-19-27(25-13-9-7-10-14-25)17-18-29(32)26-15-11-8-12-16-26/h17-26H,7-16H2,1-6H3. The van der Waals surface area contributed by atoms with Crippen LogP contribution in [0.15, 0.2) is 30.3 Å². The molecule has 2 aromatic carbocycles. The molecule has 4 rings (SSSR count). The topological polar surface area (TPSA) is 0 Å². The van der Waals surface area contributed by atoms with Crippen LogP contribution in [0, 0.1) is 0 Å². The fraction of sp³-hybridized carbons (Fsp3) is 0.636. The summed E-state index contributed by atoms with van der Waals surface area (Å²) in [5.74, 6) is 3.14. The van der Waals surface area contributed by atoms with Crippen molar-refractivity contribution in [1.82, 2.24) is 0 Å². The van der Waals surface area contributed by atoms with Gasteiger partial charge in [0.05, 0.1) is 0 Å². The smallest absolute Gasteiger partial charge is 0.0111 e. The van der Waals surface area contributed by atoms with E-state index in [0.29, 0.717) is 17.8 Å². The van der Waals surface area contributed by atoms with Gasteiger partial charge in [-0.15, -0.1) is 0 Å². The Morgan fingerprint density at radius 1 is 0.576 bits per heavy atom. The van der Waals surface area contributed by atoms with Crippen LogP contribution in [0.1, 0.15) is 163 Å². The number of rotatable bonds is 6. The Labute approximate surface area is 204 Å². The van der Waals surface area contributed by atoms with Gasteiger partial charge in [-0.25, -0.2) is 0 Å². The van der Waals surface area contributed by atoms with Crippen LogP contribution in [0.2, 0.25) is 0 Å². The Bertz CT molecular complexity index is 888. The van der Waals surface area contributed by atoms with E-state index in [1.165, 1.54) is 69.8 Å². The van der Waals surface area contributed by atoms with Crippen molar-refractivity contribution in [2.45, 2.75) is 135 Å². The highest BCUT2D eigenvalue weighted by Gasteiger charge is 2.26. The van der Waals surface area contributed by atoms with E-state index in [-0.39, 0.29) is 0 Å². The summed E-state index contributed by atoms with van der Waals surface area (Å²) in [7, 11) is 0. The van der Waals surface area contributed by atoms with Crippen LogP contribution in [0.4, 0.5) is 0 Å². The Hall–Kier alpha value is -1.56. The summed E-state index contributed by atoms with van der Waals surface area (Å²) in [6.07, 6.45) is 13.9. The average Bonchev–Trinajstić information content (AvgIpc) is 2.83. The summed E-state index contributed by atoms with van der Waals surface area (Å²) < 4.78 is 0. The molecule has 0 radical (unpaired) electrons. The third kappa shape index (κ3) is 5.41. The third-order valence-corrected chi connectivity index (χ3v) is 8.60. The lowest BCUT2D eigenvalue weighted by molar-refractivity contribution is 0.439. The summed E-state index contributed by atoms with van der Waals surface area (Å²) >= 11 is 0. The predicted molar refractivity (Wildman–Crippen MR) is 146 cm³/mol. The van der Waals surface area contributed by atoms with E-state index >= 15 is 0 Å². The Morgan fingerprint density at radius 3 is 1.58 bits per heavy atom. The lowest BCUT2D eigenvalue weighted by Gasteiger charge is -2.30. The first-order valence-electron chi connectivity index (χ1n) is 14.2. The van der Waals surface area contributed by atoms with E-state index in [0.717, 1.165) is 11.8 Å². The molecule has 2 saturated carbocycles. The predicted octanol–water partition coefficient (Wildman–Crippen LogP) is 10.8. The molecule has 0 aliphatic heterocycles. The van der Waals surface area contributed by atoms with E-state index in [1.54, 1.807) is 33.4 Å². The zero-order chi connectivity index (χ0) is 23.5. The normalized spacial score (nSPS) is 18.6. The van der Waals surface area contributed by atoms with Gasteiger partial charge in [0.25, 0.3) is 0 Å². The van der Waals surface area contributed by atoms with Crippen LogP contribution in [-0.2, 0) is 0 Å². The van der Waals surface area contributed by atoms with E-state index < -0.39 is 0 Å². The van der Waals surface area contributed by atoms with Crippen LogP contribution >= 0.6 is 0 Å². The van der Waals surface area contributed by atoms with Crippen molar-refractivity contribution >= 4 is 0 Å². The van der Waals surface area contributed by atoms with Crippen LogP contribution in [-0.4, -0.2) is 0 Å². The van der Waals surface area contributed by atoms with Gasteiger partial charge in [-0.2, -0.15) is 0 Å². The maximum Gasteiger partial charge on any atom is -0.0111 e. The molecule has 0 aromatic heterocycles. The minimum absolute atomic E-state index is 0.536. The monoisotopic (exact) mass is 444 g/mol. The molecule has 0 nitrogen and oxygen atoms in total. The minimum atomic E-state index is 0.536. The van der Waals surface area contributed by atoms with Crippen molar-refractivity contribution in [2.24, 2.45) is 0 Å². The Morgan fingerprint density at radius 2 is 1.09 bits per heavy atom. The van der Waals surface area contributed by atoms with Gasteiger partial charge in [-0.3, -0.25) is 0 Å². The molecule has 2 aromatic rings. The summed E-state index contributed by atoms with van der Waals surface area (Å²) in [4.78, 5) is 0. The molecule has 2 aliphatic carbocycles. The van der Waals surface area contributed by atoms with Gasteiger partial charge in [-0.05, 0) is 94.2 Å². The van der Waals surface area contributed by atoms with Gasteiger partial charge in [0.2, 0.25) is 0 Å². The molecule has 2 fully saturated rings. The second-order valence-corrected chi connectivity index (χ2v) is 12.1. The number of benzene rings is 2. The third-order valence-electron chi connectivity index (χ3n) is 8.60. The second-order valence-electron chi connectivity index (χ2n) is 12.1. The molecule has 33 heavy (non-hydrogen) atoms. The highest BCUT2D eigenvalue weighted by atomic mass is 14.3. The van der Waals surface area contributed by atoms with E-state index in [9.17, 15) is 0 Å². The van der Waals surface area contributed by atoms with Gasteiger partial charge in [-0.1, -0.05) is 110 Å². The number of hydrogen-bond acceptors (Lipinski definition) is 0. The van der Waals surface area contributed by atoms with Gasteiger partial charge < -0.3 is 0 Å².